The first-order valence-electron chi connectivity index (χ1n) is 31.9. The summed E-state index contributed by atoms with van der Waals surface area (Å²) >= 11 is 1.44. The maximum atomic E-state index is 15.4. The molecule has 4 aromatic rings. The Labute approximate surface area is 559 Å². The fourth-order valence-electron chi connectivity index (χ4n) is 10.4. The maximum Gasteiger partial charge on any atom is 0.408 e. The molecule has 4 rings (SSSR count). The summed E-state index contributed by atoms with van der Waals surface area (Å²) < 4.78 is 23.6. The van der Waals surface area contributed by atoms with Crippen molar-refractivity contribution < 1.29 is 66.9 Å². The van der Waals surface area contributed by atoms with Gasteiger partial charge in [0.1, 0.15) is 67.0 Å². The van der Waals surface area contributed by atoms with Gasteiger partial charge in [-0.3, -0.25) is 28.8 Å². The first-order chi connectivity index (χ1) is 44.9. The molecule has 0 aliphatic carbocycles. The van der Waals surface area contributed by atoms with Crippen molar-refractivity contribution in [3.05, 3.63) is 163 Å². The van der Waals surface area contributed by atoms with Crippen molar-refractivity contribution >= 4 is 83.9 Å². The lowest BCUT2D eigenvalue weighted by Crippen LogP contribution is -2.68. The number of carbonyl (C=O) groups is 9. The van der Waals surface area contributed by atoms with Crippen molar-refractivity contribution in [1.82, 2.24) is 36.8 Å². The van der Waals surface area contributed by atoms with Crippen LogP contribution in [0.15, 0.2) is 152 Å². The molecule has 0 aromatic heterocycles. The molecule has 0 saturated carbocycles. The first kappa shape index (κ1) is 77.9. The van der Waals surface area contributed by atoms with Gasteiger partial charge in [-0.1, -0.05) is 189 Å². The van der Waals surface area contributed by atoms with Crippen molar-refractivity contribution in [3.8, 4) is 5.75 Å². The molecule has 0 bridgehead atoms. The Kier molecular flexibility index (Phi) is 33.0. The number of thioether (sulfide) groups is 1. The topological polar surface area (TPSA) is 286 Å². The lowest BCUT2D eigenvalue weighted by atomic mass is 9.99. The van der Waals surface area contributed by atoms with E-state index in [2.05, 4.69) is 90.1 Å². The van der Waals surface area contributed by atoms with Crippen LogP contribution >= 0.6 is 11.8 Å². The lowest BCUT2D eigenvalue weighted by Gasteiger charge is -2.43. The normalized spacial score (nSPS) is 13.8. The molecule has 94 heavy (non-hydrogen) atoms. The molecule has 7 atom stereocenters. The standard InChI is InChI=1S/C71H97N7O14SSi/c1-13-17-21-36-60(80)72-57(41-45-93-12)64(82)77-62(66(84)73-55(16-4)68(86)89-43-14-2)49(7)91-69(87)61(48(5)6)76-65(83)59(47-51-37-39-52(40-38-51)92-94(71(8,9)10,53-31-24-19-25-32-53)54-33-26-20-27-34-54)78(11)67(85)58(46-50-29-22-18-23-30-50)74-63(81)56(35-28-42-79)75-70(88)90-44-15-3/h14-16,18-20,22-27,29-34,37-40,48-49,56-59,61-62,79H,2-3,13,17,21,28,35-36,41-47H2,1,4-12H3,(H,72,80)(H,73,84)(H,74,81)(H,75,88)(H,76,83)(H,77,82)/b55-16-/t49-,56+,57+,58+,59+,61+,62+/m1/s1. The number of aliphatic hydroxyl groups excluding tert-OH is 1. The van der Waals surface area contributed by atoms with Gasteiger partial charge in [0.05, 0.1) is 0 Å². The Hall–Kier alpha value is -8.54. The number of alkyl carbamates (subject to hydrolysis) is 1. The molecule has 7 amide bonds. The number of nitrogens with zero attached hydrogens (tertiary/aromatic N) is 1. The molecule has 510 valence electrons. The summed E-state index contributed by atoms with van der Waals surface area (Å²) in [6.07, 6.45) is 5.79. The van der Waals surface area contributed by atoms with Crippen molar-refractivity contribution in [3.63, 3.8) is 0 Å². The molecule has 0 unspecified atom stereocenters. The third kappa shape index (κ3) is 23.8. The molecule has 0 saturated heterocycles. The van der Waals surface area contributed by atoms with Crippen LogP contribution in [-0.4, -0.2) is 153 Å². The van der Waals surface area contributed by atoms with E-state index in [1.165, 1.54) is 55.8 Å². The highest BCUT2D eigenvalue weighted by molar-refractivity contribution is 7.98. The van der Waals surface area contributed by atoms with Crippen LogP contribution in [0.1, 0.15) is 111 Å². The highest BCUT2D eigenvalue weighted by Crippen LogP contribution is 2.38. The van der Waals surface area contributed by atoms with Gasteiger partial charge in [0.25, 0.3) is 5.91 Å². The minimum atomic E-state index is -3.12. The number of hydrogen-bond acceptors (Lipinski definition) is 15. The van der Waals surface area contributed by atoms with Crippen LogP contribution in [0.4, 0.5) is 4.79 Å². The van der Waals surface area contributed by atoms with E-state index in [0.29, 0.717) is 29.1 Å². The number of ether oxygens (including phenoxy) is 3. The van der Waals surface area contributed by atoms with Gasteiger partial charge in [-0.25, -0.2) is 14.4 Å². The summed E-state index contributed by atoms with van der Waals surface area (Å²) in [7, 11) is -1.72. The molecule has 21 nitrogen and oxygen atoms in total. The first-order valence-corrected chi connectivity index (χ1v) is 35.2. The largest absolute Gasteiger partial charge is 0.534 e. The van der Waals surface area contributed by atoms with E-state index in [-0.39, 0.29) is 75.0 Å². The molecule has 0 aliphatic rings. The summed E-state index contributed by atoms with van der Waals surface area (Å²) in [5, 5.41) is 27.5. The molecule has 23 heteroatoms. The average molecular weight is 1330 g/mol. The van der Waals surface area contributed by atoms with Gasteiger partial charge in [-0.2, -0.15) is 11.8 Å². The van der Waals surface area contributed by atoms with Gasteiger partial charge >= 0.3 is 26.3 Å². The van der Waals surface area contributed by atoms with Crippen molar-refractivity contribution in [2.24, 2.45) is 5.92 Å². The molecular weight excluding hydrogens is 1230 g/mol. The highest BCUT2D eigenvalue weighted by Gasteiger charge is 2.52. The summed E-state index contributed by atoms with van der Waals surface area (Å²) in [4.78, 5) is 129. The van der Waals surface area contributed by atoms with E-state index < -0.39 is 104 Å². The predicted molar refractivity (Wildman–Crippen MR) is 368 cm³/mol. The molecule has 0 heterocycles. The Balaban J connectivity index is 1.83. The van der Waals surface area contributed by atoms with Gasteiger partial charge in [0.2, 0.25) is 29.5 Å². The molecule has 4 aromatic carbocycles. The Bertz CT molecular complexity index is 3110. The fourth-order valence-corrected chi connectivity index (χ4v) is 15.3. The van der Waals surface area contributed by atoms with E-state index in [1.807, 2.05) is 49.6 Å². The maximum absolute atomic E-state index is 15.4. The van der Waals surface area contributed by atoms with E-state index >= 15 is 9.59 Å². The molecule has 0 aliphatic heterocycles. The zero-order chi connectivity index (χ0) is 69.4. The SMILES string of the molecule is C=CCOC(=O)N[C@@H](CCCO)C(=O)N[C@@H](Cc1ccccc1)C(=O)N(C)[C@@H](Cc1ccc(O[Si](c2ccccc2)(c2ccccc2)C(C)(C)C)cc1)C(=O)N[C@H](C(=O)O[C@H](C)[C@H](NC(=O)[C@H](CCSC)NC(=O)CCCCC)C(=O)N/C(=C\C)C(=O)OCC=C)C(C)C. The molecule has 7 N–H and O–H groups in total. The second-order valence-electron chi connectivity index (χ2n) is 24.1. The predicted octanol–water partition coefficient (Wildman–Crippen LogP) is 6.90. The van der Waals surface area contributed by atoms with Crippen LogP contribution in [0.2, 0.25) is 5.04 Å². The Morgan fingerprint density at radius 1 is 0.649 bits per heavy atom. The minimum Gasteiger partial charge on any atom is -0.534 e. The zero-order valence-corrected chi connectivity index (χ0v) is 57.9. The second kappa shape index (κ2) is 39.9. The van der Waals surface area contributed by atoms with Crippen LogP contribution in [-0.2, 0) is 65.4 Å². The highest BCUT2D eigenvalue weighted by atomic mass is 32.2. The van der Waals surface area contributed by atoms with E-state index in [9.17, 15) is 38.7 Å². The van der Waals surface area contributed by atoms with Gasteiger partial charge < -0.3 is 60.5 Å². The van der Waals surface area contributed by atoms with Crippen LogP contribution in [0.3, 0.4) is 0 Å². The lowest BCUT2D eigenvalue weighted by molar-refractivity contribution is -0.157. The Morgan fingerprint density at radius 2 is 1.20 bits per heavy atom. The minimum absolute atomic E-state index is 0.0325. The molecular formula is C71H97N7O14SSi. The number of allylic oxidation sites excluding steroid dienone is 1. The van der Waals surface area contributed by atoms with E-state index in [1.54, 1.807) is 68.4 Å². The Morgan fingerprint density at radius 3 is 1.74 bits per heavy atom. The third-order valence-corrected chi connectivity index (χ3v) is 21.2. The number of likely N-dealkylation sites (N-methyl/N-ethyl adjacent to an activating group) is 1. The second-order valence-corrected chi connectivity index (χ2v) is 29.3. The number of amides is 7. The molecule has 0 radical (unpaired) electrons. The number of hydrogen-bond donors (Lipinski definition) is 7. The summed E-state index contributed by atoms with van der Waals surface area (Å²) in [5.74, 6) is -6.14. The van der Waals surface area contributed by atoms with Crippen molar-refractivity contribution in [2.75, 3.05) is 38.9 Å². The fraction of sp³-hybridized carbons (Fsp3) is 0.451. The van der Waals surface area contributed by atoms with Crippen LogP contribution in [0, 0.1) is 5.92 Å². The van der Waals surface area contributed by atoms with E-state index in [0.717, 1.165) is 23.2 Å². The van der Waals surface area contributed by atoms with Crippen molar-refractivity contribution in [2.45, 2.75) is 161 Å². The number of benzene rings is 4. The number of esters is 2. The van der Waals surface area contributed by atoms with Crippen LogP contribution < -0.4 is 46.7 Å². The van der Waals surface area contributed by atoms with Gasteiger partial charge in [-0.15, -0.1) is 0 Å². The summed E-state index contributed by atoms with van der Waals surface area (Å²) in [6.45, 7) is 21.0. The number of carbonyl (C=O) groups excluding carboxylic acids is 9. The molecule has 0 fully saturated rings. The average Bonchev–Trinajstić information content (AvgIpc) is 0.745. The van der Waals surface area contributed by atoms with Gasteiger partial charge in [-0.05, 0) is 96.1 Å². The van der Waals surface area contributed by atoms with Gasteiger partial charge in [0.15, 0.2) is 0 Å². The zero-order valence-electron chi connectivity index (χ0n) is 56.0. The van der Waals surface area contributed by atoms with Crippen LogP contribution in [0.5, 0.6) is 5.75 Å². The quantitative estimate of drug-likeness (QED) is 0.00597. The van der Waals surface area contributed by atoms with Crippen molar-refractivity contribution in [1.29, 1.82) is 0 Å². The summed E-state index contributed by atoms with van der Waals surface area (Å²) in [5.41, 5.74) is 0.904. The third-order valence-electron chi connectivity index (χ3n) is 15.6. The number of unbranched alkanes of at least 4 members (excludes halogenated alkanes) is 2. The molecule has 0 spiro atoms. The van der Waals surface area contributed by atoms with E-state index in [4.69, 9.17) is 18.6 Å². The smallest absolute Gasteiger partial charge is 0.408 e. The number of aliphatic hydroxyl groups is 1. The monoisotopic (exact) mass is 1330 g/mol. The number of nitrogens with one attached hydrogen (secondary N) is 6. The number of rotatable bonds is 39. The van der Waals surface area contributed by atoms with Crippen LogP contribution in [0.25, 0.3) is 0 Å². The summed E-state index contributed by atoms with van der Waals surface area (Å²) in [6, 6.07) is 27.8. The van der Waals surface area contributed by atoms with Gasteiger partial charge in [0, 0.05) is 32.9 Å².